The third kappa shape index (κ3) is 5.81. The van der Waals surface area contributed by atoms with Crippen LogP contribution in [0.25, 0.3) is 0 Å². The molecule has 2 N–H and O–H groups in total. The van der Waals surface area contributed by atoms with Crippen LogP contribution in [-0.4, -0.2) is 38.5 Å². The van der Waals surface area contributed by atoms with E-state index in [0.717, 1.165) is 24.3 Å². The highest BCUT2D eigenvalue weighted by molar-refractivity contribution is 7.99. The molecule has 6 nitrogen and oxygen atoms in total. The minimum atomic E-state index is -3.96. The van der Waals surface area contributed by atoms with E-state index < -0.39 is 10.0 Å². The molecule has 0 unspecified atom stereocenters. The summed E-state index contributed by atoms with van der Waals surface area (Å²) in [4.78, 5) is 12.4. The van der Waals surface area contributed by atoms with Crippen LogP contribution in [0.15, 0.2) is 47.4 Å². The molecule has 1 heterocycles. The van der Waals surface area contributed by atoms with Gasteiger partial charge in [0.15, 0.2) is 0 Å². The maximum Gasteiger partial charge on any atom is 0.263 e. The van der Waals surface area contributed by atoms with E-state index in [4.69, 9.17) is 16.3 Å². The van der Waals surface area contributed by atoms with Crippen molar-refractivity contribution >= 4 is 45.0 Å². The summed E-state index contributed by atoms with van der Waals surface area (Å²) < 4.78 is 33.5. The van der Waals surface area contributed by atoms with E-state index in [9.17, 15) is 13.2 Å². The highest BCUT2D eigenvalue weighted by atomic mass is 35.5. The average Bonchev–Trinajstić information content (AvgIpc) is 2.70. The molecule has 29 heavy (non-hydrogen) atoms. The Morgan fingerprint density at radius 2 is 1.86 bits per heavy atom. The molecule has 0 bridgehead atoms. The van der Waals surface area contributed by atoms with E-state index in [1.807, 2.05) is 18.7 Å². The number of carbonyl (C=O) groups is 1. The van der Waals surface area contributed by atoms with E-state index >= 15 is 0 Å². The van der Waals surface area contributed by atoms with Crippen LogP contribution in [0.5, 0.6) is 5.75 Å². The summed E-state index contributed by atoms with van der Waals surface area (Å²) in [5, 5.41) is 3.03. The summed E-state index contributed by atoms with van der Waals surface area (Å²) in [7, 11) is -3.96. The molecule has 1 amide bonds. The average molecular weight is 455 g/mol. The number of nitrogens with one attached hydrogen (secondary N) is 2. The molecule has 0 saturated carbocycles. The Labute approximate surface area is 180 Å². The van der Waals surface area contributed by atoms with Crippen LogP contribution in [0, 0.1) is 0 Å². The fraction of sp³-hybridized carbons (Fsp3) is 0.350. The molecular formula is C20H23ClN2O4S2. The number of rotatable bonds is 7. The van der Waals surface area contributed by atoms with E-state index in [1.54, 1.807) is 24.3 Å². The molecule has 0 aliphatic carbocycles. The number of sulfonamides is 1. The Morgan fingerprint density at radius 3 is 2.52 bits per heavy atom. The molecule has 2 aromatic rings. The quantitative estimate of drug-likeness (QED) is 0.656. The van der Waals surface area contributed by atoms with Crippen molar-refractivity contribution in [2.75, 3.05) is 22.8 Å². The number of ether oxygens (including phenoxy) is 1. The molecule has 1 fully saturated rings. The number of hydrogen-bond acceptors (Lipinski definition) is 5. The highest BCUT2D eigenvalue weighted by Crippen LogP contribution is 2.26. The zero-order valence-corrected chi connectivity index (χ0v) is 18.4. The summed E-state index contributed by atoms with van der Waals surface area (Å²) >= 11 is 8.01. The van der Waals surface area contributed by atoms with Gasteiger partial charge in [0.1, 0.15) is 10.6 Å². The van der Waals surface area contributed by atoms with Gasteiger partial charge in [0.05, 0.1) is 11.6 Å². The number of thioether (sulfide) groups is 1. The summed E-state index contributed by atoms with van der Waals surface area (Å²) in [6, 6.07) is 10.9. The third-order valence-corrected chi connectivity index (χ3v) is 7.37. The van der Waals surface area contributed by atoms with Gasteiger partial charge in [-0.3, -0.25) is 9.52 Å². The molecule has 9 heteroatoms. The second-order valence-electron chi connectivity index (χ2n) is 6.57. The van der Waals surface area contributed by atoms with Crippen LogP contribution in [0.2, 0.25) is 5.02 Å². The minimum absolute atomic E-state index is 0.0500. The van der Waals surface area contributed by atoms with Crippen molar-refractivity contribution in [1.29, 1.82) is 0 Å². The molecule has 1 aliphatic rings. The summed E-state index contributed by atoms with van der Waals surface area (Å²) in [6.07, 6.45) is 1.82. The Balaban J connectivity index is 1.77. The molecule has 3 rings (SSSR count). The molecule has 156 valence electrons. The van der Waals surface area contributed by atoms with Crippen LogP contribution in [-0.2, 0) is 10.0 Å². The minimum Gasteiger partial charge on any atom is -0.494 e. The summed E-state index contributed by atoms with van der Waals surface area (Å²) in [5.74, 6) is 2.37. The lowest BCUT2D eigenvalue weighted by Crippen LogP contribution is -2.37. The first-order chi connectivity index (χ1) is 13.9. The first-order valence-electron chi connectivity index (χ1n) is 9.33. The summed E-state index contributed by atoms with van der Waals surface area (Å²) in [6.45, 7) is 2.39. The van der Waals surface area contributed by atoms with Gasteiger partial charge in [0.2, 0.25) is 0 Å². The van der Waals surface area contributed by atoms with E-state index in [1.165, 1.54) is 18.2 Å². The topological polar surface area (TPSA) is 84.5 Å². The Hall–Kier alpha value is -1.90. The van der Waals surface area contributed by atoms with E-state index in [-0.39, 0.29) is 27.4 Å². The zero-order chi connectivity index (χ0) is 20.9. The maximum atomic E-state index is 12.8. The zero-order valence-electron chi connectivity index (χ0n) is 16.0. The lowest BCUT2D eigenvalue weighted by atomic mass is 10.1. The van der Waals surface area contributed by atoms with E-state index in [0.29, 0.717) is 18.0 Å². The van der Waals surface area contributed by atoms with Crippen molar-refractivity contribution in [2.24, 2.45) is 0 Å². The maximum absolute atomic E-state index is 12.8. The van der Waals surface area contributed by atoms with Crippen molar-refractivity contribution < 1.29 is 17.9 Å². The van der Waals surface area contributed by atoms with Crippen LogP contribution < -0.4 is 14.8 Å². The fourth-order valence-corrected chi connectivity index (χ4v) is 5.65. The predicted molar refractivity (Wildman–Crippen MR) is 118 cm³/mol. The van der Waals surface area contributed by atoms with Crippen LogP contribution >= 0.6 is 23.4 Å². The van der Waals surface area contributed by atoms with Crippen LogP contribution in [0.1, 0.15) is 30.1 Å². The van der Waals surface area contributed by atoms with Crippen molar-refractivity contribution in [3.63, 3.8) is 0 Å². The number of amides is 1. The Kier molecular flexibility index (Phi) is 7.32. The SMILES string of the molecule is CCOc1ccc(NS(=O)(=O)c2cc(C(=O)NC3CCSCC3)ccc2Cl)cc1. The molecule has 0 spiro atoms. The lowest BCUT2D eigenvalue weighted by molar-refractivity contribution is 0.0934. The van der Waals surface area contributed by atoms with Gasteiger partial charge < -0.3 is 10.1 Å². The smallest absolute Gasteiger partial charge is 0.263 e. The number of halogens is 1. The predicted octanol–water partition coefficient (Wildman–Crippen LogP) is 4.16. The second-order valence-corrected chi connectivity index (χ2v) is 9.85. The van der Waals surface area contributed by atoms with Gasteiger partial charge in [-0.2, -0.15) is 11.8 Å². The first kappa shape index (κ1) is 21.8. The standard InChI is InChI=1S/C20H23ClN2O4S2/c1-2-27-17-6-4-16(5-7-17)23-29(25,26)19-13-14(3-8-18(19)21)20(24)22-15-9-11-28-12-10-15/h3-8,13,15,23H,2,9-12H2,1H3,(H,22,24). The van der Waals surface area contributed by atoms with Gasteiger partial charge in [-0.15, -0.1) is 0 Å². The van der Waals surface area contributed by atoms with Gasteiger partial charge in [-0.1, -0.05) is 11.6 Å². The number of benzene rings is 2. The molecule has 0 radical (unpaired) electrons. The fourth-order valence-electron chi connectivity index (χ4n) is 2.96. The van der Waals surface area contributed by atoms with Gasteiger partial charge in [0, 0.05) is 17.3 Å². The van der Waals surface area contributed by atoms with Gasteiger partial charge in [0.25, 0.3) is 15.9 Å². The summed E-state index contributed by atoms with van der Waals surface area (Å²) in [5.41, 5.74) is 0.638. The van der Waals surface area contributed by atoms with E-state index in [2.05, 4.69) is 10.0 Å². The number of carbonyl (C=O) groups excluding carboxylic acids is 1. The molecule has 2 aromatic carbocycles. The van der Waals surface area contributed by atoms with Gasteiger partial charge in [-0.05, 0) is 73.7 Å². The normalized spacial score (nSPS) is 15.0. The highest BCUT2D eigenvalue weighted by Gasteiger charge is 2.22. The second kappa shape index (κ2) is 9.73. The number of hydrogen-bond donors (Lipinski definition) is 2. The molecule has 0 aromatic heterocycles. The molecule has 0 atom stereocenters. The first-order valence-corrected chi connectivity index (χ1v) is 12.3. The van der Waals surface area contributed by atoms with Crippen molar-refractivity contribution in [1.82, 2.24) is 5.32 Å². The van der Waals surface area contributed by atoms with Gasteiger partial charge in [-0.25, -0.2) is 8.42 Å². The van der Waals surface area contributed by atoms with Crippen LogP contribution in [0.4, 0.5) is 5.69 Å². The lowest BCUT2D eigenvalue weighted by Gasteiger charge is -2.22. The number of anilines is 1. The van der Waals surface area contributed by atoms with Gasteiger partial charge >= 0.3 is 0 Å². The van der Waals surface area contributed by atoms with Crippen molar-refractivity contribution in [3.8, 4) is 5.75 Å². The monoisotopic (exact) mass is 454 g/mol. The molecule has 1 saturated heterocycles. The Bertz CT molecular complexity index is 959. The van der Waals surface area contributed by atoms with Crippen LogP contribution in [0.3, 0.4) is 0 Å². The Morgan fingerprint density at radius 1 is 1.17 bits per heavy atom. The largest absolute Gasteiger partial charge is 0.494 e. The molecular weight excluding hydrogens is 432 g/mol. The molecule has 1 aliphatic heterocycles. The van der Waals surface area contributed by atoms with Crippen molar-refractivity contribution in [2.45, 2.75) is 30.7 Å². The van der Waals surface area contributed by atoms with Crippen molar-refractivity contribution in [3.05, 3.63) is 53.1 Å². The third-order valence-electron chi connectivity index (χ3n) is 4.46.